The molecule has 0 atom stereocenters. The second-order valence-corrected chi connectivity index (χ2v) is 4.95. The van der Waals surface area contributed by atoms with Crippen molar-refractivity contribution in [1.29, 1.82) is 5.26 Å². The van der Waals surface area contributed by atoms with Crippen LogP contribution in [0.1, 0.15) is 11.1 Å². The van der Waals surface area contributed by atoms with Gasteiger partial charge < -0.3 is 0 Å². The lowest BCUT2D eigenvalue weighted by Gasteiger charge is -2.03. The predicted octanol–water partition coefficient (Wildman–Crippen LogP) is 4.04. The summed E-state index contributed by atoms with van der Waals surface area (Å²) in [5, 5.41) is 10.1. The second-order valence-electron chi connectivity index (χ2n) is 3.52. The third-order valence-electron chi connectivity index (χ3n) is 2.25. The number of nitriles is 1. The Morgan fingerprint density at radius 2 is 2.17 bits per heavy atom. The number of hydrogen-bond donors (Lipinski definition) is 0. The molecule has 0 amide bonds. The zero-order chi connectivity index (χ0) is 13.0. The molecule has 1 aromatic heterocycles. The first kappa shape index (κ1) is 12.9. The number of aromatic nitrogens is 1. The molecule has 0 aliphatic rings. The molecule has 0 N–H and O–H groups in total. The molecule has 0 radical (unpaired) electrons. The average molecular weight is 279 g/mol. The SMILES string of the molecule is N#Cc1ccc(F)c(CSc2ccc(Cl)cn2)c1. The molecule has 0 saturated heterocycles. The smallest absolute Gasteiger partial charge is 0.127 e. The maximum Gasteiger partial charge on any atom is 0.127 e. The highest BCUT2D eigenvalue weighted by atomic mass is 35.5. The van der Waals surface area contributed by atoms with E-state index in [1.54, 1.807) is 24.4 Å². The fraction of sp³-hybridized carbons (Fsp3) is 0.0769. The van der Waals surface area contributed by atoms with Crippen LogP contribution in [0.3, 0.4) is 0 Å². The van der Waals surface area contributed by atoms with Crippen molar-refractivity contribution in [2.24, 2.45) is 0 Å². The van der Waals surface area contributed by atoms with E-state index in [1.165, 1.54) is 23.9 Å². The highest BCUT2D eigenvalue weighted by Crippen LogP contribution is 2.23. The summed E-state index contributed by atoms with van der Waals surface area (Å²) < 4.78 is 13.5. The molecule has 1 aromatic carbocycles. The summed E-state index contributed by atoms with van der Waals surface area (Å²) in [6.45, 7) is 0. The van der Waals surface area contributed by atoms with Crippen LogP contribution in [0.2, 0.25) is 5.02 Å². The van der Waals surface area contributed by atoms with Crippen molar-refractivity contribution in [1.82, 2.24) is 4.98 Å². The van der Waals surface area contributed by atoms with Gasteiger partial charge in [0.05, 0.1) is 21.7 Å². The largest absolute Gasteiger partial charge is 0.248 e. The third-order valence-corrected chi connectivity index (χ3v) is 3.47. The van der Waals surface area contributed by atoms with E-state index in [9.17, 15) is 4.39 Å². The first-order valence-electron chi connectivity index (χ1n) is 5.12. The minimum atomic E-state index is -0.310. The van der Waals surface area contributed by atoms with E-state index in [2.05, 4.69) is 4.98 Å². The zero-order valence-corrected chi connectivity index (χ0v) is 10.8. The molecule has 0 unspecified atom stereocenters. The average Bonchev–Trinajstić information content (AvgIpc) is 2.40. The van der Waals surface area contributed by atoms with Crippen LogP contribution in [0, 0.1) is 17.1 Å². The van der Waals surface area contributed by atoms with Gasteiger partial charge in [-0.05, 0) is 35.9 Å². The molecule has 0 aliphatic carbocycles. The zero-order valence-electron chi connectivity index (χ0n) is 9.23. The van der Waals surface area contributed by atoms with Gasteiger partial charge in [-0.25, -0.2) is 9.37 Å². The molecule has 2 aromatic rings. The molecule has 5 heteroatoms. The van der Waals surface area contributed by atoms with Crippen LogP contribution in [-0.2, 0) is 5.75 Å². The topological polar surface area (TPSA) is 36.7 Å². The fourth-order valence-corrected chi connectivity index (χ4v) is 2.28. The Balaban J connectivity index is 2.10. The molecule has 0 bridgehead atoms. The monoisotopic (exact) mass is 278 g/mol. The first-order valence-corrected chi connectivity index (χ1v) is 6.48. The quantitative estimate of drug-likeness (QED) is 0.795. The van der Waals surface area contributed by atoms with Crippen LogP contribution in [0.25, 0.3) is 0 Å². The molecular weight excluding hydrogens is 271 g/mol. The second kappa shape index (κ2) is 5.85. The van der Waals surface area contributed by atoms with Gasteiger partial charge in [-0.3, -0.25) is 0 Å². The molecule has 18 heavy (non-hydrogen) atoms. The molecule has 0 saturated carbocycles. The summed E-state index contributed by atoms with van der Waals surface area (Å²) in [7, 11) is 0. The van der Waals surface area contributed by atoms with Crippen LogP contribution < -0.4 is 0 Å². The van der Waals surface area contributed by atoms with Crippen molar-refractivity contribution < 1.29 is 4.39 Å². The Morgan fingerprint density at radius 3 is 2.83 bits per heavy atom. The molecule has 0 fully saturated rings. The van der Waals surface area contributed by atoms with Crippen molar-refractivity contribution >= 4 is 23.4 Å². The van der Waals surface area contributed by atoms with Gasteiger partial charge in [-0.1, -0.05) is 11.6 Å². The lowest BCUT2D eigenvalue weighted by atomic mass is 10.1. The number of pyridine rings is 1. The Labute approximate surface area is 113 Å². The highest BCUT2D eigenvalue weighted by Gasteiger charge is 2.05. The maximum atomic E-state index is 13.5. The Bertz CT molecular complexity index is 593. The summed E-state index contributed by atoms with van der Waals surface area (Å²) in [6.07, 6.45) is 1.55. The number of rotatable bonds is 3. The summed E-state index contributed by atoms with van der Waals surface area (Å²) in [5.41, 5.74) is 0.951. The van der Waals surface area contributed by atoms with Crippen LogP contribution in [0.5, 0.6) is 0 Å². The number of thioether (sulfide) groups is 1. The van der Waals surface area contributed by atoms with Gasteiger partial charge in [0.15, 0.2) is 0 Å². The summed E-state index contributed by atoms with van der Waals surface area (Å²) in [6, 6.07) is 9.83. The maximum absolute atomic E-state index is 13.5. The van der Waals surface area contributed by atoms with E-state index < -0.39 is 0 Å². The van der Waals surface area contributed by atoms with Gasteiger partial charge in [0.2, 0.25) is 0 Å². The van der Waals surface area contributed by atoms with Gasteiger partial charge in [0, 0.05) is 11.9 Å². The van der Waals surface area contributed by atoms with Crippen molar-refractivity contribution in [3.8, 4) is 6.07 Å². The van der Waals surface area contributed by atoms with Crippen LogP contribution in [0.4, 0.5) is 4.39 Å². The predicted molar refractivity (Wildman–Crippen MR) is 69.9 cm³/mol. The summed E-state index contributed by atoms with van der Waals surface area (Å²) in [4.78, 5) is 4.11. The minimum Gasteiger partial charge on any atom is -0.248 e. The van der Waals surface area contributed by atoms with E-state index in [0.29, 0.717) is 21.9 Å². The highest BCUT2D eigenvalue weighted by molar-refractivity contribution is 7.98. The van der Waals surface area contributed by atoms with Crippen molar-refractivity contribution in [3.05, 3.63) is 58.5 Å². The van der Waals surface area contributed by atoms with Gasteiger partial charge in [-0.2, -0.15) is 5.26 Å². The standard InChI is InChI=1S/C13H8ClFN2S/c14-11-2-4-13(17-7-11)18-8-10-5-9(6-16)1-3-12(10)15/h1-5,7H,8H2. The fourth-order valence-electron chi connectivity index (χ4n) is 1.35. The lowest BCUT2D eigenvalue weighted by molar-refractivity contribution is 0.617. The molecule has 0 spiro atoms. The molecule has 1 heterocycles. The summed E-state index contributed by atoms with van der Waals surface area (Å²) in [5.74, 6) is 0.117. The Kier molecular flexibility index (Phi) is 4.19. The van der Waals surface area contributed by atoms with E-state index in [1.807, 2.05) is 6.07 Å². The Morgan fingerprint density at radius 1 is 1.33 bits per heavy atom. The number of halogens is 2. The molecule has 2 rings (SSSR count). The molecule has 2 nitrogen and oxygen atoms in total. The lowest BCUT2D eigenvalue weighted by Crippen LogP contribution is -1.90. The molecule has 90 valence electrons. The van der Waals surface area contributed by atoms with Gasteiger partial charge >= 0.3 is 0 Å². The van der Waals surface area contributed by atoms with Gasteiger partial charge in [0.25, 0.3) is 0 Å². The van der Waals surface area contributed by atoms with Gasteiger partial charge in [-0.15, -0.1) is 11.8 Å². The number of benzene rings is 1. The number of nitrogens with zero attached hydrogens (tertiary/aromatic N) is 2. The van der Waals surface area contributed by atoms with Crippen LogP contribution in [-0.4, -0.2) is 4.98 Å². The summed E-state index contributed by atoms with van der Waals surface area (Å²) >= 11 is 7.12. The van der Waals surface area contributed by atoms with E-state index in [0.717, 1.165) is 5.03 Å². The third kappa shape index (κ3) is 3.22. The molecule has 0 aliphatic heterocycles. The Hall–Kier alpha value is -1.57. The van der Waals surface area contributed by atoms with Crippen molar-refractivity contribution in [3.63, 3.8) is 0 Å². The first-order chi connectivity index (χ1) is 8.69. The van der Waals surface area contributed by atoms with Crippen molar-refractivity contribution in [2.45, 2.75) is 10.8 Å². The van der Waals surface area contributed by atoms with Crippen LogP contribution >= 0.6 is 23.4 Å². The molecular formula is C13H8ClFN2S. The normalized spacial score (nSPS) is 10.1. The van der Waals surface area contributed by atoms with E-state index >= 15 is 0 Å². The van der Waals surface area contributed by atoms with Crippen molar-refractivity contribution in [2.75, 3.05) is 0 Å². The van der Waals surface area contributed by atoms with Gasteiger partial charge in [0.1, 0.15) is 5.82 Å². The van der Waals surface area contributed by atoms with E-state index in [4.69, 9.17) is 16.9 Å². The van der Waals surface area contributed by atoms with Crippen LogP contribution in [0.15, 0.2) is 41.6 Å². The minimum absolute atomic E-state index is 0.310. The number of hydrogen-bond acceptors (Lipinski definition) is 3. The van der Waals surface area contributed by atoms with E-state index in [-0.39, 0.29) is 5.82 Å².